The van der Waals surface area contributed by atoms with Crippen molar-refractivity contribution in [1.29, 1.82) is 0 Å². The Labute approximate surface area is 106 Å². The fourth-order valence-electron chi connectivity index (χ4n) is 2.21. The third kappa shape index (κ3) is 2.20. The van der Waals surface area contributed by atoms with Gasteiger partial charge in [-0.3, -0.25) is 4.79 Å². The van der Waals surface area contributed by atoms with Crippen molar-refractivity contribution in [3.05, 3.63) is 53.6 Å². The number of ketones is 1. The third-order valence-electron chi connectivity index (χ3n) is 3.20. The van der Waals surface area contributed by atoms with Crippen molar-refractivity contribution in [2.75, 3.05) is 13.2 Å². The van der Waals surface area contributed by atoms with Crippen molar-refractivity contribution in [3.63, 3.8) is 0 Å². The molecule has 1 saturated heterocycles. The maximum atomic E-state index is 11.7. The van der Waals surface area contributed by atoms with Gasteiger partial charge in [0.05, 0.1) is 13.2 Å². The zero-order valence-corrected chi connectivity index (χ0v) is 10.1. The van der Waals surface area contributed by atoms with Crippen LogP contribution < -0.4 is 0 Å². The Morgan fingerprint density at radius 1 is 1.06 bits per heavy atom. The quantitative estimate of drug-likeness (QED) is 0.713. The molecule has 1 aliphatic heterocycles. The number of Topliss-reactive ketones (excluding diaryl/α,β-unsaturated/α-hetero) is 1. The number of hydrogen-bond donors (Lipinski definition) is 0. The molecule has 1 aliphatic rings. The summed E-state index contributed by atoms with van der Waals surface area (Å²) in [5, 5.41) is 2.40. The van der Waals surface area contributed by atoms with Crippen LogP contribution in [-0.2, 0) is 9.53 Å². The van der Waals surface area contributed by atoms with Crippen LogP contribution in [0.25, 0.3) is 16.8 Å². The molecule has 2 aromatic carbocycles. The first-order valence-electron chi connectivity index (χ1n) is 6.13. The SMILES string of the molecule is O=C1CCOC/C1=C/c1ccc2ccccc2c1. The van der Waals surface area contributed by atoms with Gasteiger partial charge in [-0.05, 0) is 28.5 Å². The molecule has 0 N–H and O–H groups in total. The summed E-state index contributed by atoms with van der Waals surface area (Å²) in [6, 6.07) is 14.4. The molecule has 1 heterocycles. The van der Waals surface area contributed by atoms with Crippen LogP contribution in [-0.4, -0.2) is 19.0 Å². The first-order valence-corrected chi connectivity index (χ1v) is 6.13. The highest BCUT2D eigenvalue weighted by atomic mass is 16.5. The molecule has 0 aromatic heterocycles. The number of carbonyl (C=O) groups is 1. The van der Waals surface area contributed by atoms with E-state index in [1.54, 1.807) is 0 Å². The average molecular weight is 238 g/mol. The van der Waals surface area contributed by atoms with Crippen molar-refractivity contribution < 1.29 is 9.53 Å². The van der Waals surface area contributed by atoms with Gasteiger partial charge in [0.15, 0.2) is 5.78 Å². The van der Waals surface area contributed by atoms with Gasteiger partial charge in [-0.15, -0.1) is 0 Å². The van der Waals surface area contributed by atoms with Crippen LogP contribution >= 0.6 is 0 Å². The van der Waals surface area contributed by atoms with Gasteiger partial charge in [0.1, 0.15) is 0 Å². The number of fused-ring (bicyclic) bond motifs is 1. The second kappa shape index (κ2) is 4.75. The summed E-state index contributed by atoms with van der Waals surface area (Å²) < 4.78 is 5.32. The highest BCUT2D eigenvalue weighted by Gasteiger charge is 2.14. The molecule has 2 aromatic rings. The summed E-state index contributed by atoms with van der Waals surface area (Å²) in [4.78, 5) is 11.7. The van der Waals surface area contributed by atoms with Crippen molar-refractivity contribution in [2.45, 2.75) is 6.42 Å². The molecule has 0 unspecified atom stereocenters. The largest absolute Gasteiger partial charge is 0.376 e. The molecule has 0 saturated carbocycles. The van der Waals surface area contributed by atoms with E-state index in [0.717, 1.165) is 11.1 Å². The minimum Gasteiger partial charge on any atom is -0.376 e. The lowest BCUT2D eigenvalue weighted by Crippen LogP contribution is -2.18. The monoisotopic (exact) mass is 238 g/mol. The molecule has 0 radical (unpaired) electrons. The second-order valence-electron chi connectivity index (χ2n) is 4.50. The van der Waals surface area contributed by atoms with Gasteiger partial charge in [-0.1, -0.05) is 36.4 Å². The maximum Gasteiger partial charge on any atom is 0.163 e. The Balaban J connectivity index is 1.99. The number of carbonyl (C=O) groups excluding carboxylic acids is 1. The summed E-state index contributed by atoms with van der Waals surface area (Å²) in [6.07, 6.45) is 2.44. The van der Waals surface area contributed by atoms with Crippen LogP contribution in [0.3, 0.4) is 0 Å². The van der Waals surface area contributed by atoms with E-state index in [1.165, 1.54) is 10.8 Å². The minimum absolute atomic E-state index is 0.203. The summed E-state index contributed by atoms with van der Waals surface area (Å²) in [5.74, 6) is 0.203. The lowest BCUT2D eigenvalue weighted by molar-refractivity contribution is -0.119. The van der Waals surface area contributed by atoms with Gasteiger partial charge >= 0.3 is 0 Å². The molecule has 0 atom stereocenters. The molecule has 0 aliphatic carbocycles. The first kappa shape index (κ1) is 11.2. The second-order valence-corrected chi connectivity index (χ2v) is 4.50. The Morgan fingerprint density at radius 3 is 2.72 bits per heavy atom. The van der Waals surface area contributed by atoms with Gasteiger partial charge in [-0.25, -0.2) is 0 Å². The maximum absolute atomic E-state index is 11.7. The molecule has 0 amide bonds. The smallest absolute Gasteiger partial charge is 0.163 e. The Morgan fingerprint density at radius 2 is 1.89 bits per heavy atom. The van der Waals surface area contributed by atoms with Gasteiger partial charge in [0.2, 0.25) is 0 Å². The van der Waals surface area contributed by atoms with Gasteiger partial charge in [0, 0.05) is 12.0 Å². The van der Waals surface area contributed by atoms with Gasteiger partial charge in [0.25, 0.3) is 0 Å². The molecule has 1 fully saturated rings. The molecule has 90 valence electrons. The number of hydrogen-bond acceptors (Lipinski definition) is 2. The zero-order valence-electron chi connectivity index (χ0n) is 10.1. The lowest BCUT2D eigenvalue weighted by atomic mass is 10.0. The van der Waals surface area contributed by atoms with E-state index < -0.39 is 0 Å². The number of benzene rings is 2. The fourth-order valence-corrected chi connectivity index (χ4v) is 2.21. The molecule has 0 bridgehead atoms. The van der Waals surface area contributed by atoms with Crippen LogP contribution in [0.4, 0.5) is 0 Å². The van der Waals surface area contributed by atoms with E-state index in [9.17, 15) is 4.79 Å². The highest BCUT2D eigenvalue weighted by Crippen LogP contribution is 2.19. The van der Waals surface area contributed by atoms with Crippen LogP contribution in [0, 0.1) is 0 Å². The molecular weight excluding hydrogens is 224 g/mol. The first-order chi connectivity index (χ1) is 8.83. The summed E-state index contributed by atoms with van der Waals surface area (Å²) in [6.45, 7) is 0.986. The lowest BCUT2D eigenvalue weighted by Gasteiger charge is -2.13. The van der Waals surface area contributed by atoms with Crippen LogP contribution in [0.5, 0.6) is 0 Å². The predicted molar refractivity (Wildman–Crippen MR) is 72.4 cm³/mol. The molecule has 18 heavy (non-hydrogen) atoms. The normalized spacial score (nSPS) is 18.4. The van der Waals surface area contributed by atoms with Gasteiger partial charge < -0.3 is 4.74 Å². The molecule has 3 rings (SSSR count). The van der Waals surface area contributed by atoms with Crippen molar-refractivity contribution in [2.24, 2.45) is 0 Å². The molecular formula is C16H14O2. The van der Waals surface area contributed by atoms with Crippen LogP contribution in [0.1, 0.15) is 12.0 Å². The summed E-state index contributed by atoms with van der Waals surface area (Å²) in [7, 11) is 0. The Kier molecular flexibility index (Phi) is 2.95. The van der Waals surface area contributed by atoms with E-state index in [4.69, 9.17) is 4.74 Å². The van der Waals surface area contributed by atoms with Crippen molar-refractivity contribution >= 4 is 22.6 Å². The standard InChI is InChI=1S/C16H14O2/c17-16-7-8-18-11-15(16)10-12-5-6-13-3-1-2-4-14(13)9-12/h1-6,9-10H,7-8,11H2/b15-10-. The minimum atomic E-state index is 0.203. The highest BCUT2D eigenvalue weighted by molar-refractivity contribution is 6.00. The Hall–Kier alpha value is -1.93. The summed E-state index contributed by atoms with van der Waals surface area (Å²) in [5.41, 5.74) is 1.83. The van der Waals surface area contributed by atoms with Crippen molar-refractivity contribution in [1.82, 2.24) is 0 Å². The van der Waals surface area contributed by atoms with E-state index >= 15 is 0 Å². The number of rotatable bonds is 1. The van der Waals surface area contributed by atoms with E-state index in [0.29, 0.717) is 19.6 Å². The Bertz CT molecular complexity index is 626. The van der Waals surface area contributed by atoms with Crippen molar-refractivity contribution in [3.8, 4) is 0 Å². The summed E-state index contributed by atoms with van der Waals surface area (Å²) >= 11 is 0. The topological polar surface area (TPSA) is 26.3 Å². The van der Waals surface area contributed by atoms with Gasteiger partial charge in [-0.2, -0.15) is 0 Å². The van der Waals surface area contributed by atoms with E-state index in [2.05, 4.69) is 24.3 Å². The van der Waals surface area contributed by atoms with E-state index in [1.807, 2.05) is 24.3 Å². The van der Waals surface area contributed by atoms with Crippen LogP contribution in [0.2, 0.25) is 0 Å². The van der Waals surface area contributed by atoms with E-state index in [-0.39, 0.29) is 5.78 Å². The van der Waals surface area contributed by atoms with Crippen LogP contribution in [0.15, 0.2) is 48.0 Å². The molecule has 0 spiro atoms. The molecule has 2 heteroatoms. The fraction of sp³-hybridized carbons (Fsp3) is 0.188. The molecule has 2 nitrogen and oxygen atoms in total. The predicted octanol–water partition coefficient (Wildman–Crippen LogP) is 3.21. The number of ether oxygens (including phenoxy) is 1. The average Bonchev–Trinajstić information content (AvgIpc) is 2.41. The third-order valence-corrected chi connectivity index (χ3v) is 3.20. The zero-order chi connectivity index (χ0) is 12.4.